The highest BCUT2D eigenvalue weighted by Crippen LogP contribution is 2.28. The van der Waals surface area contributed by atoms with E-state index in [0.29, 0.717) is 25.2 Å². The molecule has 0 N–H and O–H groups in total. The van der Waals surface area contributed by atoms with E-state index in [2.05, 4.69) is 21.7 Å². The van der Waals surface area contributed by atoms with E-state index in [-0.39, 0.29) is 5.92 Å². The molecule has 7 heteroatoms. The Kier molecular flexibility index (Phi) is 6.65. The van der Waals surface area contributed by atoms with Gasteiger partial charge in [0.15, 0.2) is 0 Å². The number of morpholine rings is 1. The number of likely N-dealkylation sites (tertiary alicyclic amines) is 1. The highest BCUT2D eigenvalue weighted by atomic mass is 16.5. The first kappa shape index (κ1) is 20.5. The Morgan fingerprint density at radius 1 is 1.14 bits per heavy atom. The molecule has 0 saturated carbocycles. The molecule has 3 saturated heterocycles. The number of hydrogen-bond acceptors (Lipinski definition) is 6. The maximum absolute atomic E-state index is 12.9. The van der Waals surface area contributed by atoms with Gasteiger partial charge in [-0.2, -0.15) is 0 Å². The molecule has 1 aromatic heterocycles. The number of ether oxygens (including phenoxy) is 1. The lowest BCUT2D eigenvalue weighted by Crippen LogP contribution is -2.52. The normalized spacial score (nSPS) is 24.7. The summed E-state index contributed by atoms with van der Waals surface area (Å²) in [6.45, 7) is 11.1. The van der Waals surface area contributed by atoms with E-state index >= 15 is 0 Å². The molecule has 1 aromatic rings. The molecule has 0 unspecified atom stereocenters. The minimum absolute atomic E-state index is 0.163. The maximum Gasteiger partial charge on any atom is 0.227 e. The van der Waals surface area contributed by atoms with Crippen LogP contribution in [0.2, 0.25) is 0 Å². The van der Waals surface area contributed by atoms with Crippen LogP contribution >= 0.6 is 0 Å². The highest BCUT2D eigenvalue weighted by molar-refractivity contribution is 5.79. The van der Waals surface area contributed by atoms with E-state index in [9.17, 15) is 4.79 Å². The van der Waals surface area contributed by atoms with Crippen molar-refractivity contribution in [1.82, 2.24) is 19.8 Å². The molecule has 0 spiro atoms. The summed E-state index contributed by atoms with van der Waals surface area (Å²) < 4.78 is 5.41. The molecular weight excluding hydrogens is 366 g/mol. The lowest BCUT2D eigenvalue weighted by Gasteiger charge is -2.43. The number of carbonyl (C=O) groups excluding carboxylic acids is 1. The zero-order valence-corrected chi connectivity index (χ0v) is 18.0. The molecule has 4 heterocycles. The van der Waals surface area contributed by atoms with Gasteiger partial charge >= 0.3 is 0 Å². The first-order valence-corrected chi connectivity index (χ1v) is 11.3. The fourth-order valence-electron chi connectivity index (χ4n) is 5.03. The van der Waals surface area contributed by atoms with E-state index in [1.165, 1.54) is 5.56 Å². The third-order valence-corrected chi connectivity index (χ3v) is 6.75. The van der Waals surface area contributed by atoms with Gasteiger partial charge in [-0.05, 0) is 45.6 Å². The van der Waals surface area contributed by atoms with Gasteiger partial charge in [-0.1, -0.05) is 6.92 Å². The van der Waals surface area contributed by atoms with Crippen LogP contribution in [0.4, 0.5) is 5.82 Å². The first-order chi connectivity index (χ1) is 14.2. The van der Waals surface area contributed by atoms with E-state index in [1.54, 1.807) is 0 Å². The molecule has 1 amide bonds. The van der Waals surface area contributed by atoms with Crippen molar-refractivity contribution in [3.8, 4) is 0 Å². The minimum Gasteiger partial charge on any atom is -0.378 e. The van der Waals surface area contributed by atoms with Gasteiger partial charge in [-0.3, -0.25) is 9.69 Å². The van der Waals surface area contributed by atoms with Crippen LogP contribution in [0.25, 0.3) is 0 Å². The summed E-state index contributed by atoms with van der Waals surface area (Å²) >= 11 is 0. The molecule has 0 aromatic carbocycles. The van der Waals surface area contributed by atoms with Crippen LogP contribution in [-0.2, 0) is 16.0 Å². The van der Waals surface area contributed by atoms with Crippen LogP contribution in [0.3, 0.4) is 0 Å². The number of hydrogen-bond donors (Lipinski definition) is 0. The smallest absolute Gasteiger partial charge is 0.227 e. The number of aromatic nitrogens is 2. The van der Waals surface area contributed by atoms with Gasteiger partial charge in [0.2, 0.25) is 5.91 Å². The lowest BCUT2D eigenvalue weighted by atomic mass is 9.92. The number of aryl methyl sites for hydroxylation is 2. The Morgan fingerprint density at radius 3 is 2.62 bits per heavy atom. The lowest BCUT2D eigenvalue weighted by molar-refractivity contribution is -0.141. The average molecular weight is 402 g/mol. The molecule has 0 bridgehead atoms. The van der Waals surface area contributed by atoms with Crippen LogP contribution in [0.15, 0.2) is 6.20 Å². The molecule has 29 heavy (non-hydrogen) atoms. The summed E-state index contributed by atoms with van der Waals surface area (Å²) in [5, 5.41) is 0. The second-order valence-electron chi connectivity index (χ2n) is 8.61. The fourth-order valence-corrected chi connectivity index (χ4v) is 5.03. The van der Waals surface area contributed by atoms with Gasteiger partial charge in [0.05, 0.1) is 19.1 Å². The Bertz CT molecular complexity index is 698. The molecule has 4 rings (SSSR count). The number of rotatable bonds is 4. The summed E-state index contributed by atoms with van der Waals surface area (Å²) in [6.07, 6.45) is 7.40. The van der Waals surface area contributed by atoms with Crippen LogP contribution < -0.4 is 4.90 Å². The zero-order valence-electron chi connectivity index (χ0n) is 18.0. The van der Waals surface area contributed by atoms with Crippen molar-refractivity contribution in [2.24, 2.45) is 5.92 Å². The van der Waals surface area contributed by atoms with Gasteiger partial charge in [0.25, 0.3) is 0 Å². The van der Waals surface area contributed by atoms with Crippen molar-refractivity contribution in [2.75, 3.05) is 57.4 Å². The third-order valence-electron chi connectivity index (χ3n) is 6.75. The number of anilines is 1. The van der Waals surface area contributed by atoms with Crippen molar-refractivity contribution in [3.05, 3.63) is 17.6 Å². The second kappa shape index (κ2) is 9.39. The van der Waals surface area contributed by atoms with Crippen molar-refractivity contribution >= 4 is 11.7 Å². The van der Waals surface area contributed by atoms with Crippen LogP contribution in [0.1, 0.15) is 44.0 Å². The van der Waals surface area contributed by atoms with Crippen LogP contribution in [0, 0.1) is 12.8 Å². The second-order valence-corrected chi connectivity index (χ2v) is 8.61. The number of carbonyl (C=O) groups is 1. The number of amides is 1. The van der Waals surface area contributed by atoms with Crippen molar-refractivity contribution in [3.63, 3.8) is 0 Å². The highest BCUT2D eigenvalue weighted by Gasteiger charge is 2.34. The first-order valence-electron chi connectivity index (χ1n) is 11.3. The monoisotopic (exact) mass is 401 g/mol. The molecule has 0 radical (unpaired) electrons. The summed E-state index contributed by atoms with van der Waals surface area (Å²) in [5.74, 6) is 2.48. The molecule has 3 fully saturated rings. The van der Waals surface area contributed by atoms with E-state index in [1.807, 2.05) is 18.0 Å². The Hall–Kier alpha value is -1.73. The number of nitrogens with zero attached hydrogens (tertiary/aromatic N) is 5. The van der Waals surface area contributed by atoms with Gasteiger partial charge in [0.1, 0.15) is 11.6 Å². The molecule has 160 valence electrons. The van der Waals surface area contributed by atoms with Gasteiger partial charge < -0.3 is 14.5 Å². The summed E-state index contributed by atoms with van der Waals surface area (Å²) in [7, 11) is 0. The quantitative estimate of drug-likeness (QED) is 0.768. The number of piperidine rings is 2. The minimum atomic E-state index is 0.163. The van der Waals surface area contributed by atoms with Gasteiger partial charge in [0, 0.05) is 50.5 Å². The third kappa shape index (κ3) is 4.72. The predicted octanol–water partition coefficient (Wildman–Crippen LogP) is 1.89. The molecule has 3 aliphatic rings. The van der Waals surface area contributed by atoms with Gasteiger partial charge in [-0.15, -0.1) is 0 Å². The van der Waals surface area contributed by atoms with Crippen LogP contribution in [0.5, 0.6) is 0 Å². The van der Waals surface area contributed by atoms with Crippen molar-refractivity contribution in [1.29, 1.82) is 0 Å². The van der Waals surface area contributed by atoms with E-state index in [4.69, 9.17) is 9.72 Å². The SMILES string of the molecule is CCc1cnc(C)nc1N1CCC(N2CCC[C@H](C(=O)N3CCOCC3)C2)CC1. The van der Waals surface area contributed by atoms with Crippen molar-refractivity contribution < 1.29 is 9.53 Å². The van der Waals surface area contributed by atoms with Crippen molar-refractivity contribution in [2.45, 2.75) is 52.0 Å². The van der Waals surface area contributed by atoms with E-state index < -0.39 is 0 Å². The Labute approximate surface area is 174 Å². The Balaban J connectivity index is 1.33. The topological polar surface area (TPSA) is 61.8 Å². The van der Waals surface area contributed by atoms with Crippen LogP contribution in [-0.4, -0.2) is 84.2 Å². The molecule has 3 aliphatic heterocycles. The largest absolute Gasteiger partial charge is 0.378 e. The van der Waals surface area contributed by atoms with Gasteiger partial charge in [-0.25, -0.2) is 9.97 Å². The summed E-state index contributed by atoms with van der Waals surface area (Å²) in [5.41, 5.74) is 1.24. The average Bonchev–Trinajstić information content (AvgIpc) is 2.79. The molecular formula is C22H35N5O2. The fraction of sp³-hybridized carbons (Fsp3) is 0.773. The molecule has 7 nitrogen and oxygen atoms in total. The maximum atomic E-state index is 12.9. The zero-order chi connectivity index (χ0) is 20.2. The standard InChI is InChI=1S/C22H35N5O2/c1-3-18-15-23-17(2)24-21(18)25-9-6-20(7-10-25)27-8-4-5-19(16-27)22(28)26-11-13-29-14-12-26/h15,19-20H,3-14,16H2,1-2H3/t19-/m0/s1. The Morgan fingerprint density at radius 2 is 1.90 bits per heavy atom. The summed E-state index contributed by atoms with van der Waals surface area (Å²) in [6, 6.07) is 0.583. The van der Waals surface area contributed by atoms with E-state index in [0.717, 1.165) is 83.0 Å². The predicted molar refractivity (Wildman–Crippen MR) is 113 cm³/mol. The summed E-state index contributed by atoms with van der Waals surface area (Å²) in [4.78, 5) is 29.1. The molecule has 1 atom stereocenters. The molecule has 0 aliphatic carbocycles.